The second-order valence-electron chi connectivity index (χ2n) is 7.00. The van der Waals surface area contributed by atoms with Gasteiger partial charge in [0.25, 0.3) is 5.91 Å². The van der Waals surface area contributed by atoms with Crippen molar-refractivity contribution in [3.63, 3.8) is 0 Å². The van der Waals surface area contributed by atoms with Crippen molar-refractivity contribution >= 4 is 11.9 Å². The maximum atomic E-state index is 13.1. The van der Waals surface area contributed by atoms with Gasteiger partial charge in [-0.2, -0.15) is 0 Å². The average molecular weight is 393 g/mol. The molecule has 0 radical (unpaired) electrons. The van der Waals surface area contributed by atoms with Crippen LogP contribution >= 0.6 is 0 Å². The van der Waals surface area contributed by atoms with Crippen molar-refractivity contribution in [3.05, 3.63) is 70.9 Å². The van der Waals surface area contributed by atoms with Gasteiger partial charge in [0.1, 0.15) is 0 Å². The van der Waals surface area contributed by atoms with E-state index in [0.29, 0.717) is 35.9 Å². The van der Waals surface area contributed by atoms with Crippen LogP contribution in [0, 0.1) is 0 Å². The number of nitrogens with zero attached hydrogens (tertiary/aromatic N) is 1. The first-order chi connectivity index (χ1) is 14.1. The molecule has 29 heavy (non-hydrogen) atoms. The summed E-state index contributed by atoms with van der Waals surface area (Å²) in [7, 11) is 3.12. The molecule has 2 aliphatic heterocycles. The smallest absolute Gasteiger partial charge is 0.319 e. The lowest BCUT2D eigenvalue weighted by Gasteiger charge is -2.26. The highest BCUT2D eigenvalue weighted by molar-refractivity contribution is 6.01. The molecule has 150 valence electrons. The van der Waals surface area contributed by atoms with Crippen LogP contribution in [0.5, 0.6) is 11.5 Å². The molecule has 0 bridgehead atoms. The lowest BCUT2D eigenvalue weighted by molar-refractivity contribution is -0.125. The Kier molecular flexibility index (Phi) is 5.12. The lowest BCUT2D eigenvalue weighted by atomic mass is 9.96. The molecule has 0 unspecified atom stereocenters. The number of carbonyl (C=O) groups excluding carboxylic acids is 2. The van der Waals surface area contributed by atoms with Crippen molar-refractivity contribution in [1.82, 2.24) is 15.5 Å². The van der Waals surface area contributed by atoms with E-state index in [1.807, 2.05) is 36.4 Å². The first-order valence-electron chi connectivity index (χ1n) is 9.46. The number of carbonyl (C=O) groups is 2. The number of amides is 3. The summed E-state index contributed by atoms with van der Waals surface area (Å²) in [5, 5.41) is 5.66. The molecule has 2 aliphatic rings. The summed E-state index contributed by atoms with van der Waals surface area (Å²) in [5.41, 5.74) is 3.17. The fraction of sp³-hybridized carbons (Fsp3) is 0.273. The van der Waals surface area contributed by atoms with E-state index in [0.717, 1.165) is 12.0 Å². The maximum absolute atomic E-state index is 13.1. The minimum absolute atomic E-state index is 0.0665. The molecule has 3 amide bonds. The minimum atomic E-state index is -0.534. The predicted octanol–water partition coefficient (Wildman–Crippen LogP) is 2.40. The summed E-state index contributed by atoms with van der Waals surface area (Å²) in [5.74, 6) is 1.07. The zero-order valence-corrected chi connectivity index (χ0v) is 16.4. The summed E-state index contributed by atoms with van der Waals surface area (Å²) in [6, 6.07) is 14.6. The normalized spacial score (nSPS) is 18.3. The minimum Gasteiger partial charge on any atom is -0.493 e. The van der Waals surface area contributed by atoms with E-state index < -0.39 is 6.04 Å². The summed E-state index contributed by atoms with van der Waals surface area (Å²) < 4.78 is 10.7. The highest BCUT2D eigenvalue weighted by Crippen LogP contribution is 2.36. The molecule has 7 nitrogen and oxygen atoms in total. The standard InChI is InChI=1S/C22H23N3O4/c1-28-17-9-8-15(12-18(17)29-2)20-19-16(23-22(27)24-20)13-25(21(19)26)11-10-14-6-4-3-5-7-14/h3-9,12,20H,10-11,13H2,1-2H3,(H2,23,24,27)/t20-/m1/s1. The Morgan fingerprint density at radius 3 is 2.52 bits per heavy atom. The van der Waals surface area contributed by atoms with Crippen molar-refractivity contribution < 1.29 is 19.1 Å². The van der Waals surface area contributed by atoms with Crippen LogP contribution in [-0.2, 0) is 11.2 Å². The lowest BCUT2D eigenvalue weighted by Crippen LogP contribution is -2.44. The van der Waals surface area contributed by atoms with Gasteiger partial charge in [-0.3, -0.25) is 4.79 Å². The van der Waals surface area contributed by atoms with Crippen LogP contribution in [0.25, 0.3) is 0 Å². The van der Waals surface area contributed by atoms with Crippen LogP contribution < -0.4 is 20.1 Å². The predicted molar refractivity (Wildman–Crippen MR) is 108 cm³/mol. The monoisotopic (exact) mass is 393 g/mol. The SMILES string of the molecule is COc1ccc([C@H]2NC(=O)NC3=C2C(=O)N(CCc2ccccc2)C3)cc1OC. The Morgan fingerprint density at radius 2 is 1.79 bits per heavy atom. The van der Waals surface area contributed by atoms with Crippen LogP contribution in [0.3, 0.4) is 0 Å². The van der Waals surface area contributed by atoms with Gasteiger partial charge in [-0.1, -0.05) is 36.4 Å². The number of hydrogen-bond donors (Lipinski definition) is 2. The molecule has 0 aliphatic carbocycles. The highest BCUT2D eigenvalue weighted by atomic mass is 16.5. The van der Waals surface area contributed by atoms with Gasteiger partial charge >= 0.3 is 6.03 Å². The first-order valence-corrected chi connectivity index (χ1v) is 9.46. The van der Waals surface area contributed by atoms with Crippen LogP contribution in [0.2, 0.25) is 0 Å². The van der Waals surface area contributed by atoms with Crippen LogP contribution in [0.15, 0.2) is 59.8 Å². The Labute approximate surface area is 169 Å². The zero-order valence-electron chi connectivity index (χ0n) is 16.4. The third kappa shape index (κ3) is 3.63. The average Bonchev–Trinajstić information content (AvgIpc) is 3.07. The molecule has 2 aromatic rings. The van der Waals surface area contributed by atoms with Crippen molar-refractivity contribution in [2.24, 2.45) is 0 Å². The Morgan fingerprint density at radius 1 is 1.03 bits per heavy atom. The number of ether oxygens (including phenoxy) is 2. The molecule has 0 aromatic heterocycles. The fourth-order valence-electron chi connectivity index (χ4n) is 3.80. The third-order valence-electron chi connectivity index (χ3n) is 5.27. The van der Waals surface area contributed by atoms with Crippen molar-refractivity contribution in [1.29, 1.82) is 0 Å². The summed E-state index contributed by atoms with van der Waals surface area (Å²) in [4.78, 5) is 27.1. The van der Waals surface area contributed by atoms with Crippen molar-refractivity contribution in [2.45, 2.75) is 12.5 Å². The Balaban J connectivity index is 1.58. The molecule has 0 fully saturated rings. The van der Waals surface area contributed by atoms with E-state index in [2.05, 4.69) is 10.6 Å². The number of rotatable bonds is 6. The van der Waals surface area contributed by atoms with Gasteiger partial charge < -0.3 is 25.0 Å². The quantitative estimate of drug-likeness (QED) is 0.790. The highest BCUT2D eigenvalue weighted by Gasteiger charge is 2.40. The van der Waals surface area contributed by atoms with E-state index in [1.165, 1.54) is 5.56 Å². The molecular weight excluding hydrogens is 370 g/mol. The van der Waals surface area contributed by atoms with Crippen LogP contribution in [0.1, 0.15) is 17.2 Å². The summed E-state index contributed by atoms with van der Waals surface area (Å²) >= 11 is 0. The summed E-state index contributed by atoms with van der Waals surface area (Å²) in [6.45, 7) is 0.989. The molecular formula is C22H23N3O4. The number of methoxy groups -OCH3 is 2. The molecule has 0 saturated heterocycles. The van der Waals surface area contributed by atoms with Crippen LogP contribution in [-0.4, -0.2) is 44.1 Å². The fourth-order valence-corrected chi connectivity index (χ4v) is 3.80. The first kappa shape index (κ1) is 18.9. The molecule has 4 rings (SSSR count). The molecule has 1 atom stereocenters. The van der Waals surface area contributed by atoms with E-state index in [4.69, 9.17) is 9.47 Å². The number of urea groups is 1. The van der Waals surface area contributed by atoms with Gasteiger partial charge in [0.2, 0.25) is 0 Å². The summed E-state index contributed by atoms with van der Waals surface area (Å²) in [6.07, 6.45) is 0.759. The second-order valence-corrected chi connectivity index (χ2v) is 7.00. The van der Waals surface area contributed by atoms with E-state index in [-0.39, 0.29) is 11.9 Å². The zero-order chi connectivity index (χ0) is 20.4. The van der Waals surface area contributed by atoms with Gasteiger partial charge in [0, 0.05) is 6.54 Å². The maximum Gasteiger partial charge on any atom is 0.319 e. The van der Waals surface area contributed by atoms with Crippen molar-refractivity contribution in [2.75, 3.05) is 27.3 Å². The third-order valence-corrected chi connectivity index (χ3v) is 5.27. The Hall–Kier alpha value is -3.48. The molecule has 2 N–H and O–H groups in total. The number of benzene rings is 2. The van der Waals surface area contributed by atoms with E-state index in [1.54, 1.807) is 31.3 Å². The largest absolute Gasteiger partial charge is 0.493 e. The topological polar surface area (TPSA) is 79.9 Å². The van der Waals surface area contributed by atoms with Gasteiger partial charge in [0.15, 0.2) is 11.5 Å². The Bertz CT molecular complexity index is 971. The second kappa shape index (κ2) is 7.87. The van der Waals surface area contributed by atoms with Gasteiger partial charge in [-0.05, 0) is 29.7 Å². The number of hydrogen-bond acceptors (Lipinski definition) is 4. The van der Waals surface area contributed by atoms with Crippen LogP contribution in [0.4, 0.5) is 4.79 Å². The molecule has 2 heterocycles. The van der Waals surface area contributed by atoms with Crippen molar-refractivity contribution in [3.8, 4) is 11.5 Å². The molecule has 7 heteroatoms. The molecule has 2 aromatic carbocycles. The molecule has 0 saturated carbocycles. The van der Waals surface area contributed by atoms with Gasteiger partial charge in [-0.15, -0.1) is 0 Å². The number of nitrogens with one attached hydrogen (secondary N) is 2. The molecule has 0 spiro atoms. The van der Waals surface area contributed by atoms with Gasteiger partial charge in [-0.25, -0.2) is 4.79 Å². The van der Waals surface area contributed by atoms with Gasteiger partial charge in [0.05, 0.1) is 38.1 Å². The van der Waals surface area contributed by atoms with E-state index >= 15 is 0 Å². The van der Waals surface area contributed by atoms with E-state index in [9.17, 15) is 9.59 Å².